The molecule has 7 heteroatoms. The van der Waals surface area contributed by atoms with E-state index in [1.165, 1.54) is 5.32 Å². The third-order valence-electron chi connectivity index (χ3n) is 2.94. The normalized spacial score (nSPS) is 15.2. The second kappa shape index (κ2) is 6.95. The first-order valence-corrected chi connectivity index (χ1v) is 5.95. The highest BCUT2D eigenvalue weighted by atomic mass is 19.1. The second-order valence-corrected chi connectivity index (χ2v) is 4.51. The number of halogens is 2. The van der Waals surface area contributed by atoms with E-state index in [-0.39, 0.29) is 12.8 Å². The molecule has 2 amide bonds. The van der Waals surface area contributed by atoms with Crippen LogP contribution in [-0.2, 0) is 11.2 Å². The zero-order valence-electron chi connectivity index (χ0n) is 10.7. The molecule has 0 radical (unpaired) electrons. The van der Waals surface area contributed by atoms with Crippen LogP contribution in [-0.4, -0.2) is 35.5 Å². The van der Waals surface area contributed by atoms with Gasteiger partial charge in [0.25, 0.3) is 5.91 Å². The Morgan fingerprint density at radius 2 is 1.95 bits per heavy atom. The number of benzene rings is 1. The molecule has 1 aromatic rings. The smallest absolute Gasteiger partial charge is 0.411 e. The van der Waals surface area contributed by atoms with Crippen molar-refractivity contribution < 1.29 is 23.5 Å². The van der Waals surface area contributed by atoms with Gasteiger partial charge in [-0.3, -0.25) is 10.1 Å². The molecule has 1 rings (SSSR count). The number of imide groups is 1. The number of aryl methyl sites for hydroxylation is 1. The summed E-state index contributed by atoms with van der Waals surface area (Å²) in [6.45, 7) is -1.27. The van der Waals surface area contributed by atoms with Crippen LogP contribution in [0, 0.1) is 0 Å². The van der Waals surface area contributed by atoms with Crippen LogP contribution in [0.1, 0.15) is 12.0 Å². The van der Waals surface area contributed by atoms with Crippen LogP contribution >= 0.6 is 0 Å². The summed E-state index contributed by atoms with van der Waals surface area (Å²) in [4.78, 5) is 21.5. The standard InChI is InChI=1S/C13H16F2N2O3/c14-8-13(16,10(15)11(18)17-12(19)20)7-6-9-4-2-1-3-5-9/h1-5,10H,6-8,16H2,(H,17,18)(H,19,20). The van der Waals surface area contributed by atoms with E-state index in [0.717, 1.165) is 5.56 Å². The van der Waals surface area contributed by atoms with Gasteiger partial charge in [0.15, 0.2) is 6.17 Å². The van der Waals surface area contributed by atoms with Gasteiger partial charge < -0.3 is 10.8 Å². The molecular formula is C13H16F2N2O3. The lowest BCUT2D eigenvalue weighted by Crippen LogP contribution is -2.57. The maximum absolute atomic E-state index is 13.9. The zero-order valence-corrected chi connectivity index (χ0v) is 10.7. The summed E-state index contributed by atoms with van der Waals surface area (Å²) < 4.78 is 26.9. The first-order valence-electron chi connectivity index (χ1n) is 5.95. The van der Waals surface area contributed by atoms with Crippen molar-refractivity contribution in [1.29, 1.82) is 0 Å². The Kier molecular flexibility index (Phi) is 5.57. The summed E-state index contributed by atoms with van der Waals surface area (Å²) in [5.41, 5.74) is 4.34. The number of amides is 2. The van der Waals surface area contributed by atoms with E-state index in [9.17, 15) is 18.4 Å². The fourth-order valence-electron chi connectivity index (χ4n) is 1.71. The average Bonchev–Trinajstić information content (AvgIpc) is 2.44. The highest BCUT2D eigenvalue weighted by Crippen LogP contribution is 2.20. The van der Waals surface area contributed by atoms with Crippen LogP contribution in [0.15, 0.2) is 30.3 Å². The van der Waals surface area contributed by atoms with Crippen molar-refractivity contribution in [3.05, 3.63) is 35.9 Å². The van der Waals surface area contributed by atoms with Crippen LogP contribution in [0.5, 0.6) is 0 Å². The molecule has 0 aliphatic heterocycles. The van der Waals surface area contributed by atoms with E-state index in [4.69, 9.17) is 10.8 Å². The topological polar surface area (TPSA) is 92.4 Å². The molecule has 0 bridgehead atoms. The highest BCUT2D eigenvalue weighted by Gasteiger charge is 2.40. The lowest BCUT2D eigenvalue weighted by molar-refractivity contribution is -0.128. The molecule has 0 saturated carbocycles. The van der Waals surface area contributed by atoms with Gasteiger partial charge in [0.2, 0.25) is 0 Å². The minimum Gasteiger partial charge on any atom is -0.465 e. The second-order valence-electron chi connectivity index (χ2n) is 4.51. The molecule has 0 heterocycles. The molecule has 0 aliphatic carbocycles. The predicted molar refractivity (Wildman–Crippen MR) is 68.7 cm³/mol. The summed E-state index contributed by atoms with van der Waals surface area (Å²) in [6.07, 6.45) is -3.99. The maximum atomic E-state index is 13.9. The average molecular weight is 286 g/mol. The summed E-state index contributed by atoms with van der Waals surface area (Å²) in [5, 5.41) is 9.68. The summed E-state index contributed by atoms with van der Waals surface area (Å²) >= 11 is 0. The fraction of sp³-hybridized carbons (Fsp3) is 0.385. The summed E-state index contributed by atoms with van der Waals surface area (Å²) in [5.74, 6) is -1.45. The van der Waals surface area contributed by atoms with Crippen molar-refractivity contribution >= 4 is 12.0 Å². The molecule has 0 fully saturated rings. The van der Waals surface area contributed by atoms with Crippen LogP contribution in [0.3, 0.4) is 0 Å². The summed E-state index contributed by atoms with van der Waals surface area (Å²) in [7, 11) is 0. The fourth-order valence-corrected chi connectivity index (χ4v) is 1.71. The van der Waals surface area contributed by atoms with Gasteiger partial charge in [0, 0.05) is 0 Å². The van der Waals surface area contributed by atoms with E-state index >= 15 is 0 Å². The largest absolute Gasteiger partial charge is 0.465 e. The number of hydrogen-bond acceptors (Lipinski definition) is 3. The van der Waals surface area contributed by atoms with Crippen LogP contribution < -0.4 is 11.1 Å². The van der Waals surface area contributed by atoms with Gasteiger partial charge in [0.1, 0.15) is 6.67 Å². The SMILES string of the molecule is NC(CF)(CCc1ccccc1)C(F)C(=O)NC(=O)O. The number of alkyl halides is 2. The Labute approximate surface area is 114 Å². The van der Waals surface area contributed by atoms with Gasteiger partial charge in [-0.15, -0.1) is 0 Å². The minimum atomic E-state index is -2.44. The van der Waals surface area contributed by atoms with E-state index in [0.29, 0.717) is 0 Å². The van der Waals surface area contributed by atoms with Crippen LogP contribution in [0.2, 0.25) is 0 Å². The van der Waals surface area contributed by atoms with Crippen LogP contribution in [0.25, 0.3) is 0 Å². The number of rotatable bonds is 6. The third-order valence-corrected chi connectivity index (χ3v) is 2.94. The monoisotopic (exact) mass is 286 g/mol. The minimum absolute atomic E-state index is 0.123. The number of carboxylic acid groups (broad SMARTS) is 1. The molecule has 0 aliphatic rings. The molecule has 0 saturated heterocycles. The number of carbonyl (C=O) groups excluding carboxylic acids is 1. The Bertz CT molecular complexity index is 470. The molecular weight excluding hydrogens is 270 g/mol. The molecule has 4 N–H and O–H groups in total. The quantitative estimate of drug-likeness (QED) is 0.737. The van der Waals surface area contributed by atoms with Gasteiger partial charge in [-0.1, -0.05) is 30.3 Å². The van der Waals surface area contributed by atoms with Crippen LogP contribution in [0.4, 0.5) is 13.6 Å². The molecule has 2 unspecified atom stereocenters. The van der Waals surface area contributed by atoms with Crippen molar-refractivity contribution in [3.8, 4) is 0 Å². The Morgan fingerprint density at radius 3 is 2.45 bits per heavy atom. The van der Waals surface area contributed by atoms with E-state index in [1.807, 2.05) is 0 Å². The first-order chi connectivity index (χ1) is 9.39. The molecule has 5 nitrogen and oxygen atoms in total. The van der Waals surface area contributed by atoms with Crippen molar-refractivity contribution in [2.24, 2.45) is 5.73 Å². The van der Waals surface area contributed by atoms with E-state index in [1.54, 1.807) is 30.3 Å². The molecule has 1 aromatic carbocycles. The van der Waals surface area contributed by atoms with Gasteiger partial charge in [-0.2, -0.15) is 0 Å². The number of nitrogens with two attached hydrogens (primary N) is 1. The number of hydrogen-bond donors (Lipinski definition) is 3. The molecule has 2 atom stereocenters. The maximum Gasteiger partial charge on any atom is 0.411 e. The Balaban J connectivity index is 2.70. The number of carbonyl (C=O) groups is 2. The molecule has 110 valence electrons. The van der Waals surface area contributed by atoms with Gasteiger partial charge in [-0.25, -0.2) is 13.6 Å². The van der Waals surface area contributed by atoms with Crippen molar-refractivity contribution in [2.75, 3.05) is 6.67 Å². The molecule has 0 spiro atoms. The number of nitrogens with one attached hydrogen (secondary N) is 1. The van der Waals surface area contributed by atoms with E-state index < -0.39 is 30.4 Å². The van der Waals surface area contributed by atoms with Gasteiger partial charge >= 0.3 is 6.09 Å². The Morgan fingerprint density at radius 1 is 1.35 bits per heavy atom. The molecule has 0 aromatic heterocycles. The lowest BCUT2D eigenvalue weighted by Gasteiger charge is -2.28. The highest BCUT2D eigenvalue weighted by molar-refractivity contribution is 5.94. The summed E-state index contributed by atoms with van der Waals surface area (Å²) in [6, 6.07) is 8.87. The predicted octanol–water partition coefficient (Wildman–Crippen LogP) is 1.42. The van der Waals surface area contributed by atoms with Crippen molar-refractivity contribution in [2.45, 2.75) is 24.6 Å². The van der Waals surface area contributed by atoms with Crippen molar-refractivity contribution in [1.82, 2.24) is 5.32 Å². The van der Waals surface area contributed by atoms with Gasteiger partial charge in [0.05, 0.1) is 5.54 Å². The molecule has 20 heavy (non-hydrogen) atoms. The zero-order chi connectivity index (χ0) is 15.2. The van der Waals surface area contributed by atoms with E-state index in [2.05, 4.69) is 0 Å². The lowest BCUT2D eigenvalue weighted by atomic mass is 9.88. The first kappa shape index (κ1) is 16.0. The van der Waals surface area contributed by atoms with Crippen molar-refractivity contribution in [3.63, 3.8) is 0 Å². The Hall–Kier alpha value is -2.02. The van der Waals surface area contributed by atoms with Gasteiger partial charge in [-0.05, 0) is 18.4 Å². The third kappa shape index (κ3) is 4.27.